The second-order valence-corrected chi connectivity index (χ2v) is 5.87. The zero-order valence-electron chi connectivity index (χ0n) is 13.2. The highest BCUT2D eigenvalue weighted by atomic mass is 35.5. The summed E-state index contributed by atoms with van der Waals surface area (Å²) in [5, 5.41) is 12.8. The first-order chi connectivity index (χ1) is 11.8. The summed E-state index contributed by atoms with van der Waals surface area (Å²) in [5.41, 5.74) is 1.38. The van der Waals surface area contributed by atoms with Crippen LogP contribution in [-0.4, -0.2) is 47.7 Å². The van der Waals surface area contributed by atoms with Crippen molar-refractivity contribution in [3.8, 4) is 6.07 Å². The number of nitrogens with one attached hydrogen (secondary N) is 1. The Balaban J connectivity index is 1.76. The lowest BCUT2D eigenvalue weighted by atomic mass is 10.0. The molecule has 1 aliphatic heterocycles. The van der Waals surface area contributed by atoms with E-state index in [1.165, 1.54) is 6.20 Å². The van der Waals surface area contributed by atoms with Gasteiger partial charge in [0.15, 0.2) is 5.69 Å². The van der Waals surface area contributed by atoms with Crippen LogP contribution in [0.3, 0.4) is 0 Å². The summed E-state index contributed by atoms with van der Waals surface area (Å²) in [6, 6.07) is 9.96. The minimum Gasteiger partial charge on any atom is -0.379 e. The molecule has 6 nitrogen and oxygen atoms in total. The van der Waals surface area contributed by atoms with Crippen molar-refractivity contribution in [1.29, 1.82) is 5.26 Å². The molecule has 0 radical (unpaired) electrons. The van der Waals surface area contributed by atoms with E-state index in [2.05, 4.69) is 26.3 Å². The van der Waals surface area contributed by atoms with Gasteiger partial charge in [0.1, 0.15) is 11.9 Å². The van der Waals surface area contributed by atoms with Gasteiger partial charge in [-0.2, -0.15) is 5.26 Å². The van der Waals surface area contributed by atoms with Crippen LogP contribution >= 0.6 is 11.6 Å². The number of ether oxygens (including phenoxy) is 1. The molecule has 1 aromatic heterocycles. The lowest BCUT2D eigenvalue weighted by molar-refractivity contribution is 0.0187. The molecule has 3 rings (SSSR count). The Hall–Kier alpha value is -2.20. The van der Waals surface area contributed by atoms with Crippen molar-refractivity contribution in [2.45, 2.75) is 6.04 Å². The van der Waals surface area contributed by atoms with Gasteiger partial charge in [-0.1, -0.05) is 29.8 Å². The molecule has 7 heteroatoms. The molecule has 2 heterocycles. The molecule has 0 amide bonds. The van der Waals surface area contributed by atoms with E-state index in [1.807, 2.05) is 24.3 Å². The third-order valence-electron chi connectivity index (χ3n) is 3.99. The molecule has 1 saturated heterocycles. The van der Waals surface area contributed by atoms with E-state index < -0.39 is 0 Å². The first kappa shape index (κ1) is 16.7. The SMILES string of the molecule is N#Cc1cnc(NCC(c2ccccc2Cl)N2CCOCC2)cn1. The van der Waals surface area contributed by atoms with Gasteiger partial charge in [-0.3, -0.25) is 4.90 Å². The molecule has 0 spiro atoms. The predicted octanol–water partition coefficient (Wildman–Crippen LogP) is 2.49. The molecule has 0 saturated carbocycles. The van der Waals surface area contributed by atoms with Gasteiger partial charge < -0.3 is 10.1 Å². The number of rotatable bonds is 5. The van der Waals surface area contributed by atoms with Crippen LogP contribution in [0.1, 0.15) is 17.3 Å². The zero-order chi connectivity index (χ0) is 16.8. The van der Waals surface area contributed by atoms with Crippen LogP contribution in [0.5, 0.6) is 0 Å². The largest absolute Gasteiger partial charge is 0.379 e. The van der Waals surface area contributed by atoms with Gasteiger partial charge in [0, 0.05) is 24.7 Å². The Morgan fingerprint density at radius 3 is 2.71 bits per heavy atom. The molecule has 1 unspecified atom stereocenters. The van der Waals surface area contributed by atoms with Gasteiger partial charge in [0.25, 0.3) is 0 Å². The second-order valence-electron chi connectivity index (χ2n) is 5.47. The minimum atomic E-state index is 0.111. The molecule has 1 fully saturated rings. The Kier molecular flexibility index (Phi) is 5.59. The van der Waals surface area contributed by atoms with Crippen LogP contribution in [-0.2, 0) is 4.74 Å². The molecule has 1 aliphatic rings. The summed E-state index contributed by atoms with van der Waals surface area (Å²) in [7, 11) is 0. The van der Waals surface area contributed by atoms with Crippen LogP contribution in [0.15, 0.2) is 36.7 Å². The van der Waals surface area contributed by atoms with Gasteiger partial charge in [-0.05, 0) is 11.6 Å². The zero-order valence-corrected chi connectivity index (χ0v) is 13.9. The molecular weight excluding hydrogens is 326 g/mol. The van der Waals surface area contributed by atoms with Crippen molar-refractivity contribution >= 4 is 17.4 Å². The fraction of sp³-hybridized carbons (Fsp3) is 0.353. The first-order valence-electron chi connectivity index (χ1n) is 7.80. The van der Waals surface area contributed by atoms with E-state index in [4.69, 9.17) is 21.6 Å². The van der Waals surface area contributed by atoms with Crippen molar-refractivity contribution < 1.29 is 4.74 Å². The number of morpholine rings is 1. The summed E-state index contributed by atoms with van der Waals surface area (Å²) < 4.78 is 5.46. The molecule has 1 N–H and O–H groups in total. The Morgan fingerprint density at radius 1 is 1.25 bits per heavy atom. The lowest BCUT2D eigenvalue weighted by Gasteiger charge is -2.35. The molecule has 124 valence electrons. The van der Waals surface area contributed by atoms with Crippen molar-refractivity contribution in [1.82, 2.24) is 14.9 Å². The quantitative estimate of drug-likeness (QED) is 0.899. The van der Waals surface area contributed by atoms with Crippen molar-refractivity contribution in [3.63, 3.8) is 0 Å². The number of aromatic nitrogens is 2. The number of hydrogen-bond acceptors (Lipinski definition) is 6. The molecule has 1 aromatic carbocycles. The van der Waals surface area contributed by atoms with Crippen LogP contribution in [0, 0.1) is 11.3 Å². The van der Waals surface area contributed by atoms with E-state index in [1.54, 1.807) is 6.20 Å². The van der Waals surface area contributed by atoms with E-state index in [0.29, 0.717) is 18.1 Å². The van der Waals surface area contributed by atoms with Crippen LogP contribution in [0.25, 0.3) is 0 Å². The number of nitrogens with zero attached hydrogens (tertiary/aromatic N) is 4. The van der Waals surface area contributed by atoms with E-state index >= 15 is 0 Å². The second kappa shape index (κ2) is 8.06. The van der Waals surface area contributed by atoms with Gasteiger partial charge in [0.05, 0.1) is 31.6 Å². The number of nitriles is 1. The highest BCUT2D eigenvalue weighted by Gasteiger charge is 2.24. The maximum atomic E-state index is 8.79. The fourth-order valence-corrected chi connectivity index (χ4v) is 3.01. The number of anilines is 1. The van der Waals surface area contributed by atoms with Gasteiger partial charge >= 0.3 is 0 Å². The van der Waals surface area contributed by atoms with E-state index in [0.717, 1.165) is 36.9 Å². The minimum absolute atomic E-state index is 0.111. The Bertz CT molecular complexity index is 710. The molecule has 1 atom stereocenters. The molecule has 2 aromatic rings. The Morgan fingerprint density at radius 2 is 2.04 bits per heavy atom. The third-order valence-corrected chi connectivity index (χ3v) is 4.34. The van der Waals surface area contributed by atoms with E-state index in [-0.39, 0.29) is 6.04 Å². The van der Waals surface area contributed by atoms with Crippen LogP contribution in [0.2, 0.25) is 5.02 Å². The van der Waals surface area contributed by atoms with Gasteiger partial charge in [-0.15, -0.1) is 0 Å². The summed E-state index contributed by atoms with van der Waals surface area (Å²) in [4.78, 5) is 10.6. The normalized spacial score (nSPS) is 16.3. The third kappa shape index (κ3) is 4.01. The topological polar surface area (TPSA) is 74.1 Å². The highest BCUT2D eigenvalue weighted by Crippen LogP contribution is 2.28. The summed E-state index contributed by atoms with van der Waals surface area (Å²) in [5.74, 6) is 0.638. The fourth-order valence-electron chi connectivity index (χ4n) is 2.75. The van der Waals surface area contributed by atoms with Gasteiger partial charge in [0.2, 0.25) is 0 Å². The average molecular weight is 344 g/mol. The summed E-state index contributed by atoms with van der Waals surface area (Å²) in [6.45, 7) is 3.80. The van der Waals surface area contributed by atoms with Crippen LogP contribution in [0.4, 0.5) is 5.82 Å². The molecular formula is C17H18ClN5O. The summed E-state index contributed by atoms with van der Waals surface area (Å²) in [6.07, 6.45) is 3.03. The maximum Gasteiger partial charge on any atom is 0.158 e. The lowest BCUT2D eigenvalue weighted by Crippen LogP contribution is -2.41. The van der Waals surface area contributed by atoms with Crippen molar-refractivity contribution in [2.75, 3.05) is 38.2 Å². The van der Waals surface area contributed by atoms with Gasteiger partial charge in [-0.25, -0.2) is 9.97 Å². The summed E-state index contributed by atoms with van der Waals surface area (Å²) >= 11 is 6.41. The van der Waals surface area contributed by atoms with Crippen molar-refractivity contribution in [2.24, 2.45) is 0 Å². The Labute approximate surface area is 146 Å². The van der Waals surface area contributed by atoms with Crippen molar-refractivity contribution in [3.05, 3.63) is 52.9 Å². The monoisotopic (exact) mass is 343 g/mol. The molecule has 0 aliphatic carbocycles. The standard InChI is InChI=1S/C17H18ClN5O/c18-15-4-2-1-3-14(15)16(23-5-7-24-8-6-23)11-22-17-12-20-13(9-19)10-21-17/h1-4,10,12,16H,5-8,11H2,(H,21,22). The molecule has 0 bridgehead atoms. The van der Waals surface area contributed by atoms with E-state index in [9.17, 15) is 0 Å². The smallest absolute Gasteiger partial charge is 0.158 e. The number of hydrogen-bond donors (Lipinski definition) is 1. The highest BCUT2D eigenvalue weighted by molar-refractivity contribution is 6.31. The maximum absolute atomic E-state index is 8.79. The molecule has 24 heavy (non-hydrogen) atoms. The first-order valence-corrected chi connectivity index (χ1v) is 8.18. The number of halogens is 1. The van der Waals surface area contributed by atoms with Crippen LogP contribution < -0.4 is 5.32 Å². The predicted molar refractivity (Wildman–Crippen MR) is 91.8 cm³/mol. The average Bonchev–Trinajstić information content (AvgIpc) is 2.65. The number of benzene rings is 1.